The van der Waals surface area contributed by atoms with Crippen LogP contribution in [0.2, 0.25) is 0 Å². The van der Waals surface area contributed by atoms with Crippen LogP contribution in [-0.2, 0) is 60.8 Å². The van der Waals surface area contributed by atoms with Gasteiger partial charge in [-0.25, -0.2) is 9.59 Å². The number of aliphatic hydroxyl groups excluding tert-OH is 1. The average molecular weight is 1530 g/mol. The molecule has 15 nitrogen and oxygen atoms in total. The molecular formula is C82H94Cl6N2O13. The second-order valence-corrected chi connectivity index (χ2v) is 32.1. The van der Waals surface area contributed by atoms with Crippen LogP contribution in [0, 0.1) is 0 Å². The summed E-state index contributed by atoms with van der Waals surface area (Å²) in [6, 6.07) is 43.8. The number of para-hydroxylation sites is 6. The molecule has 0 saturated carbocycles. The van der Waals surface area contributed by atoms with Gasteiger partial charge in [0.25, 0.3) is 0 Å². The number of benzene rings is 8. The number of carbonyl (C=O) groups excluding carboxylic acids is 2. The van der Waals surface area contributed by atoms with E-state index in [0.717, 1.165) is 101 Å². The van der Waals surface area contributed by atoms with Gasteiger partial charge in [-0.15, -0.1) is 0 Å². The zero-order chi connectivity index (χ0) is 75.0. The Balaban J connectivity index is 0.000000252. The number of fused-ring (bicyclic) bond motifs is 16. The maximum absolute atomic E-state index is 12.8. The second-order valence-electron chi connectivity index (χ2n) is 27.1. The van der Waals surface area contributed by atoms with Crippen LogP contribution in [-0.4, -0.2) is 91.5 Å². The first-order valence-electron chi connectivity index (χ1n) is 34.7. The third-order valence-electron chi connectivity index (χ3n) is 16.0. The van der Waals surface area contributed by atoms with Crippen molar-refractivity contribution >= 4 is 93.2 Å². The molecule has 0 atom stereocenters. The fraction of sp³-hybridized carbons (Fsp3) is 0.390. The SMILES string of the molecule is CC(C)Oc1c2cccc1Cc1cccc(c1OC(C)C)Cc1cccc(c1OC(C)C)Cc1cc(NC(=O)OCC(Cl)(Cl)Cl)cc(c1O)C2.CC(C)Oc1c2cccc1Cc1cccc(c1OC(C)C)Cc1cccc(c1OC(C)C)Cc1cc(NC(=O)OCC(Cl)(Cl)Cl)cc(c1O)C2.CCO. The Hall–Kier alpha value is -7.60. The van der Waals surface area contributed by atoms with Crippen molar-refractivity contribution in [2.75, 3.05) is 30.5 Å². The molecule has 0 unspecified atom stereocenters. The first kappa shape index (κ1) is 81.1. The predicted octanol–water partition coefficient (Wildman–Crippen LogP) is 20.7. The van der Waals surface area contributed by atoms with Crippen molar-refractivity contribution in [2.45, 2.75) is 186 Å². The highest BCUT2D eigenvalue weighted by molar-refractivity contribution is 6.68. The van der Waals surface area contributed by atoms with Crippen LogP contribution in [0.1, 0.15) is 179 Å². The molecule has 552 valence electrons. The van der Waals surface area contributed by atoms with E-state index in [1.165, 1.54) is 0 Å². The van der Waals surface area contributed by atoms with Crippen LogP contribution in [0.3, 0.4) is 0 Å². The lowest BCUT2D eigenvalue weighted by Crippen LogP contribution is -2.21. The van der Waals surface area contributed by atoms with E-state index in [4.69, 9.17) is 113 Å². The lowest BCUT2D eigenvalue weighted by Gasteiger charge is -2.24. The van der Waals surface area contributed by atoms with Crippen molar-refractivity contribution in [1.29, 1.82) is 0 Å². The summed E-state index contributed by atoms with van der Waals surface area (Å²) in [5.41, 5.74) is 14.8. The molecule has 5 N–H and O–H groups in total. The van der Waals surface area contributed by atoms with E-state index in [1.54, 1.807) is 31.2 Å². The average Bonchev–Trinajstić information content (AvgIpc) is 0.790. The number of hydrogen-bond donors (Lipinski definition) is 5. The number of aromatic hydroxyl groups is 2. The fourth-order valence-electron chi connectivity index (χ4n) is 12.3. The predicted molar refractivity (Wildman–Crippen MR) is 415 cm³/mol. The summed E-state index contributed by atoms with van der Waals surface area (Å²) < 4.78 is 45.9. The molecule has 0 fully saturated rings. The highest BCUT2D eigenvalue weighted by Crippen LogP contribution is 2.44. The number of phenols is 2. The van der Waals surface area contributed by atoms with Crippen LogP contribution < -0.4 is 39.1 Å². The van der Waals surface area contributed by atoms with Gasteiger partial charge in [0.1, 0.15) is 59.2 Å². The number of nitrogens with one attached hydrogen (secondary N) is 2. The molecule has 21 heteroatoms. The highest BCUT2D eigenvalue weighted by Gasteiger charge is 2.29. The molecule has 0 saturated heterocycles. The van der Waals surface area contributed by atoms with Crippen molar-refractivity contribution in [3.05, 3.63) is 222 Å². The van der Waals surface area contributed by atoms with E-state index in [0.29, 0.717) is 85.0 Å². The number of carbonyl (C=O) groups is 2. The van der Waals surface area contributed by atoms with Crippen molar-refractivity contribution in [1.82, 2.24) is 0 Å². The Labute approximate surface area is 636 Å². The molecule has 16 bridgehead atoms. The number of rotatable bonds is 16. The maximum atomic E-state index is 12.8. The smallest absolute Gasteiger partial charge is 0.411 e. The quantitative estimate of drug-likeness (QED) is 0.0454. The number of phenolic OH excluding ortho intramolecular Hbond substituents is 2. The summed E-state index contributed by atoms with van der Waals surface area (Å²) in [7, 11) is 0. The number of ether oxygens (including phenoxy) is 8. The first-order valence-corrected chi connectivity index (χ1v) is 37.0. The third kappa shape index (κ3) is 23.7. The number of alkyl halides is 6. The van der Waals surface area contributed by atoms with Gasteiger partial charge >= 0.3 is 12.2 Å². The molecule has 0 spiro atoms. The van der Waals surface area contributed by atoms with Crippen molar-refractivity contribution in [2.24, 2.45) is 0 Å². The molecule has 2 aliphatic rings. The normalized spacial score (nSPS) is 12.8. The number of halogens is 6. The second kappa shape index (κ2) is 36.9. The van der Waals surface area contributed by atoms with E-state index >= 15 is 0 Å². The van der Waals surface area contributed by atoms with Crippen LogP contribution >= 0.6 is 69.6 Å². The molecule has 0 radical (unpaired) electrons. The van der Waals surface area contributed by atoms with Gasteiger partial charge in [-0.2, -0.15) is 0 Å². The van der Waals surface area contributed by atoms with E-state index < -0.39 is 33.0 Å². The largest absolute Gasteiger partial charge is 0.507 e. The van der Waals surface area contributed by atoms with Gasteiger partial charge in [-0.1, -0.05) is 179 Å². The van der Waals surface area contributed by atoms with Gasteiger partial charge in [0.15, 0.2) is 0 Å². The van der Waals surface area contributed by atoms with Crippen LogP contribution in [0.5, 0.6) is 46.0 Å². The van der Waals surface area contributed by atoms with Gasteiger partial charge < -0.3 is 53.2 Å². The Morgan fingerprint density at radius 3 is 0.641 bits per heavy atom. The monoisotopic (exact) mass is 1520 g/mol. The summed E-state index contributed by atoms with van der Waals surface area (Å²) in [5, 5.41) is 36.8. The van der Waals surface area contributed by atoms with Crippen LogP contribution in [0.4, 0.5) is 21.0 Å². The zero-order valence-electron chi connectivity index (χ0n) is 60.6. The Morgan fingerprint density at radius 2 is 0.495 bits per heavy atom. The Morgan fingerprint density at radius 1 is 0.340 bits per heavy atom. The van der Waals surface area contributed by atoms with Gasteiger partial charge in [-0.3, -0.25) is 10.6 Å². The lowest BCUT2D eigenvalue weighted by atomic mass is 9.91. The molecule has 2 amide bonds. The van der Waals surface area contributed by atoms with Crippen molar-refractivity contribution in [3.8, 4) is 46.0 Å². The Bertz CT molecular complexity index is 3740. The fourth-order valence-corrected chi connectivity index (χ4v) is 12.6. The molecule has 0 aliphatic heterocycles. The highest BCUT2D eigenvalue weighted by atomic mass is 35.6. The molecule has 2 aliphatic carbocycles. The summed E-state index contributed by atoms with van der Waals surface area (Å²) in [6.07, 6.45) is 1.45. The van der Waals surface area contributed by atoms with Gasteiger partial charge in [-0.05, 0) is 181 Å². The minimum atomic E-state index is -1.76. The summed E-state index contributed by atoms with van der Waals surface area (Å²) >= 11 is 34.9. The summed E-state index contributed by atoms with van der Waals surface area (Å²) in [4.78, 5) is 25.6. The minimum Gasteiger partial charge on any atom is -0.507 e. The lowest BCUT2D eigenvalue weighted by molar-refractivity contribution is 0.163. The standard InChI is InChI=1S/2C40H44Cl3NO6.C2H6O/c2*1-23(2)48-36-26-10-7-11-27(36)17-29-13-9-15-31(38(29)50-25(5)6)19-33-21-34(44-39(46)47-22-40(41,42)43)20-32(35(33)45)18-30-14-8-12-28(16-26)37(30)49-24(3)4;1-2-3/h2*7-15,20-21,23-25,45H,16-19,22H2,1-6H3,(H,44,46);3H,2H2,1H3. The van der Waals surface area contributed by atoms with Gasteiger partial charge in [0.05, 0.1) is 36.6 Å². The molecule has 10 rings (SSSR count). The van der Waals surface area contributed by atoms with E-state index in [-0.39, 0.29) is 54.7 Å². The molecule has 0 aromatic heterocycles. The number of amides is 2. The first-order chi connectivity index (χ1) is 48.7. The number of anilines is 2. The van der Waals surface area contributed by atoms with Crippen molar-refractivity contribution < 1.29 is 62.8 Å². The van der Waals surface area contributed by atoms with Crippen LogP contribution in [0.15, 0.2) is 133 Å². The van der Waals surface area contributed by atoms with E-state index in [1.807, 2.05) is 132 Å². The zero-order valence-corrected chi connectivity index (χ0v) is 65.2. The summed E-state index contributed by atoms with van der Waals surface area (Å²) in [5.74, 6) is 4.91. The Kier molecular flexibility index (Phi) is 29.0. The molecule has 103 heavy (non-hydrogen) atoms. The minimum absolute atomic E-state index is 0.0358. The van der Waals surface area contributed by atoms with Crippen molar-refractivity contribution in [3.63, 3.8) is 0 Å². The number of aliphatic hydroxyl groups is 1. The molecular weight excluding hydrogens is 1430 g/mol. The van der Waals surface area contributed by atoms with E-state index in [9.17, 15) is 19.8 Å². The molecule has 0 heterocycles. The van der Waals surface area contributed by atoms with E-state index in [2.05, 4.69) is 71.3 Å². The molecule has 8 aromatic carbocycles. The number of hydrogen-bond acceptors (Lipinski definition) is 13. The summed E-state index contributed by atoms with van der Waals surface area (Å²) in [6.45, 7) is 25.2. The third-order valence-corrected chi connectivity index (χ3v) is 16.7. The topological polar surface area (TPSA) is 193 Å². The van der Waals surface area contributed by atoms with Crippen LogP contribution in [0.25, 0.3) is 0 Å². The van der Waals surface area contributed by atoms with Gasteiger partial charge in [0, 0.05) is 91.6 Å². The maximum Gasteiger partial charge on any atom is 0.411 e. The molecule has 8 aromatic rings. The van der Waals surface area contributed by atoms with Gasteiger partial charge in [0.2, 0.25) is 7.59 Å².